The molecule has 7 heteroatoms. The first-order valence-electron chi connectivity index (χ1n) is 8.55. The van der Waals surface area contributed by atoms with E-state index in [1.807, 2.05) is 0 Å². The van der Waals surface area contributed by atoms with Gasteiger partial charge < -0.3 is 10.1 Å². The number of esters is 1. The average molecular weight is 396 g/mol. The Morgan fingerprint density at radius 3 is 2.81 bits per heavy atom. The number of fused-ring (bicyclic) bond motifs is 1. The molecular formula is C19H19ClFNO3S. The van der Waals surface area contributed by atoms with Crippen molar-refractivity contribution in [2.24, 2.45) is 0 Å². The van der Waals surface area contributed by atoms with Crippen molar-refractivity contribution in [3.8, 4) is 0 Å². The zero-order valence-electron chi connectivity index (χ0n) is 14.4. The van der Waals surface area contributed by atoms with Crippen molar-refractivity contribution in [2.45, 2.75) is 39.0 Å². The lowest BCUT2D eigenvalue weighted by Gasteiger charge is -2.12. The molecule has 0 radical (unpaired) electrons. The van der Waals surface area contributed by atoms with E-state index in [-0.39, 0.29) is 23.6 Å². The summed E-state index contributed by atoms with van der Waals surface area (Å²) in [5, 5.41) is 3.45. The van der Waals surface area contributed by atoms with Gasteiger partial charge in [-0.05, 0) is 50.3 Å². The number of ether oxygens (including phenoxy) is 1. The van der Waals surface area contributed by atoms with Crippen LogP contribution < -0.4 is 5.32 Å². The van der Waals surface area contributed by atoms with Crippen LogP contribution in [0.2, 0.25) is 5.02 Å². The van der Waals surface area contributed by atoms with Crippen LogP contribution in [0.25, 0.3) is 0 Å². The molecule has 3 rings (SSSR count). The minimum Gasteiger partial charge on any atom is -0.462 e. The van der Waals surface area contributed by atoms with Gasteiger partial charge in [-0.3, -0.25) is 4.79 Å². The van der Waals surface area contributed by atoms with Crippen LogP contribution in [0.3, 0.4) is 0 Å². The molecule has 138 valence electrons. The van der Waals surface area contributed by atoms with Gasteiger partial charge in [-0.2, -0.15) is 0 Å². The zero-order valence-corrected chi connectivity index (χ0v) is 15.9. The number of halogens is 2. The fourth-order valence-electron chi connectivity index (χ4n) is 3.11. The van der Waals surface area contributed by atoms with Gasteiger partial charge in [0.1, 0.15) is 10.8 Å². The molecule has 0 saturated carbocycles. The van der Waals surface area contributed by atoms with Crippen LogP contribution in [0.4, 0.5) is 9.39 Å². The molecule has 0 saturated heterocycles. The maximum atomic E-state index is 13.9. The van der Waals surface area contributed by atoms with Gasteiger partial charge in [0.15, 0.2) is 0 Å². The summed E-state index contributed by atoms with van der Waals surface area (Å²) in [5.74, 6) is -1.36. The fraction of sp³-hybridized carbons (Fsp3) is 0.368. The third-order valence-corrected chi connectivity index (χ3v) is 5.86. The van der Waals surface area contributed by atoms with Crippen LogP contribution in [-0.2, 0) is 28.8 Å². The van der Waals surface area contributed by atoms with Crippen molar-refractivity contribution in [3.05, 3.63) is 50.6 Å². The predicted molar refractivity (Wildman–Crippen MR) is 101 cm³/mol. The summed E-state index contributed by atoms with van der Waals surface area (Å²) in [7, 11) is 0. The Balaban J connectivity index is 1.86. The molecular weight excluding hydrogens is 377 g/mol. The SMILES string of the molecule is CCOC(=O)c1c(NC(=O)Cc2c(F)cccc2Cl)sc2c1CCCC2. The number of hydrogen-bond donors (Lipinski definition) is 1. The zero-order chi connectivity index (χ0) is 18.7. The van der Waals surface area contributed by atoms with Crippen molar-refractivity contribution >= 4 is 39.8 Å². The number of anilines is 1. The van der Waals surface area contributed by atoms with Gasteiger partial charge in [0.05, 0.1) is 18.6 Å². The summed E-state index contributed by atoms with van der Waals surface area (Å²) in [6.07, 6.45) is 3.56. The van der Waals surface area contributed by atoms with E-state index in [1.165, 1.54) is 23.5 Å². The summed E-state index contributed by atoms with van der Waals surface area (Å²) in [6, 6.07) is 4.30. The average Bonchev–Trinajstić information content (AvgIpc) is 2.96. The first-order chi connectivity index (χ1) is 12.5. The first-order valence-corrected chi connectivity index (χ1v) is 9.75. The van der Waals surface area contributed by atoms with E-state index in [0.29, 0.717) is 10.6 Å². The third-order valence-electron chi connectivity index (χ3n) is 4.30. The number of benzene rings is 1. The van der Waals surface area contributed by atoms with Crippen molar-refractivity contribution in [2.75, 3.05) is 11.9 Å². The van der Waals surface area contributed by atoms with E-state index in [4.69, 9.17) is 16.3 Å². The minimum absolute atomic E-state index is 0.144. The number of nitrogens with one attached hydrogen (secondary N) is 1. The van der Waals surface area contributed by atoms with Crippen LogP contribution in [0.15, 0.2) is 18.2 Å². The monoisotopic (exact) mass is 395 g/mol. The van der Waals surface area contributed by atoms with Gasteiger partial charge in [-0.15, -0.1) is 11.3 Å². The molecule has 1 aliphatic carbocycles. The summed E-state index contributed by atoms with van der Waals surface area (Å²) in [4.78, 5) is 26.0. The lowest BCUT2D eigenvalue weighted by atomic mass is 9.95. The Hall–Kier alpha value is -1.92. The number of carbonyl (C=O) groups is 2. The summed E-state index contributed by atoms with van der Waals surface area (Å²) in [6.45, 7) is 2.01. The third kappa shape index (κ3) is 3.91. The van der Waals surface area contributed by atoms with Gasteiger partial charge in [-0.25, -0.2) is 9.18 Å². The summed E-state index contributed by atoms with van der Waals surface area (Å²) >= 11 is 7.39. The van der Waals surface area contributed by atoms with E-state index in [1.54, 1.807) is 13.0 Å². The number of hydrogen-bond acceptors (Lipinski definition) is 4. The Bertz CT molecular complexity index is 829. The maximum Gasteiger partial charge on any atom is 0.341 e. The lowest BCUT2D eigenvalue weighted by molar-refractivity contribution is -0.115. The van der Waals surface area contributed by atoms with Gasteiger partial charge in [0.2, 0.25) is 5.91 Å². The van der Waals surface area contributed by atoms with Gasteiger partial charge in [0, 0.05) is 15.5 Å². The van der Waals surface area contributed by atoms with Crippen molar-refractivity contribution in [1.29, 1.82) is 0 Å². The highest BCUT2D eigenvalue weighted by Crippen LogP contribution is 2.38. The van der Waals surface area contributed by atoms with Gasteiger partial charge in [0.25, 0.3) is 0 Å². The van der Waals surface area contributed by atoms with E-state index < -0.39 is 17.7 Å². The highest BCUT2D eigenvalue weighted by atomic mass is 35.5. The Labute approximate surface area is 160 Å². The van der Waals surface area contributed by atoms with Gasteiger partial charge in [-0.1, -0.05) is 17.7 Å². The predicted octanol–water partition coefficient (Wildman–Crippen LogP) is 4.78. The van der Waals surface area contributed by atoms with Crippen molar-refractivity contribution in [3.63, 3.8) is 0 Å². The number of amides is 1. The second kappa shape index (κ2) is 8.18. The smallest absolute Gasteiger partial charge is 0.341 e. The largest absolute Gasteiger partial charge is 0.462 e. The maximum absolute atomic E-state index is 13.9. The van der Waals surface area contributed by atoms with Crippen molar-refractivity contribution in [1.82, 2.24) is 0 Å². The molecule has 1 N–H and O–H groups in total. The quantitative estimate of drug-likeness (QED) is 0.741. The molecule has 0 fully saturated rings. The van der Waals surface area contributed by atoms with E-state index >= 15 is 0 Å². The Morgan fingerprint density at radius 1 is 1.31 bits per heavy atom. The van der Waals surface area contributed by atoms with Crippen molar-refractivity contribution < 1.29 is 18.7 Å². The standard InChI is InChI=1S/C19H19ClFNO3S/c1-2-25-19(24)17-11-6-3-4-9-15(11)26-18(17)22-16(23)10-12-13(20)7-5-8-14(12)21/h5,7-8H,2-4,6,9-10H2,1H3,(H,22,23). The summed E-state index contributed by atoms with van der Waals surface area (Å²) in [5.41, 5.74) is 1.56. The van der Waals surface area contributed by atoms with E-state index in [0.717, 1.165) is 36.1 Å². The van der Waals surface area contributed by atoms with Crippen LogP contribution in [0, 0.1) is 5.82 Å². The fourth-order valence-corrected chi connectivity index (χ4v) is 4.63. The highest BCUT2D eigenvalue weighted by Gasteiger charge is 2.27. The molecule has 1 aliphatic rings. The molecule has 1 aromatic heterocycles. The van der Waals surface area contributed by atoms with Crippen LogP contribution in [-0.4, -0.2) is 18.5 Å². The highest BCUT2D eigenvalue weighted by molar-refractivity contribution is 7.17. The Morgan fingerprint density at radius 2 is 2.08 bits per heavy atom. The van der Waals surface area contributed by atoms with Gasteiger partial charge >= 0.3 is 5.97 Å². The normalized spacial score (nSPS) is 13.2. The molecule has 0 spiro atoms. The summed E-state index contributed by atoms with van der Waals surface area (Å²) < 4.78 is 19.1. The number of thiophene rings is 1. The molecule has 1 amide bonds. The van der Waals surface area contributed by atoms with E-state index in [9.17, 15) is 14.0 Å². The number of aryl methyl sites for hydroxylation is 1. The molecule has 1 heterocycles. The lowest BCUT2D eigenvalue weighted by Crippen LogP contribution is -2.18. The second-order valence-corrected chi connectivity index (χ2v) is 7.57. The molecule has 26 heavy (non-hydrogen) atoms. The topological polar surface area (TPSA) is 55.4 Å². The molecule has 1 aromatic carbocycles. The molecule has 0 atom stereocenters. The number of carbonyl (C=O) groups excluding carboxylic acids is 2. The molecule has 4 nitrogen and oxygen atoms in total. The second-order valence-electron chi connectivity index (χ2n) is 6.06. The Kier molecular flexibility index (Phi) is 5.94. The van der Waals surface area contributed by atoms with Crippen LogP contribution in [0.5, 0.6) is 0 Å². The molecule has 0 unspecified atom stereocenters. The number of rotatable bonds is 5. The molecule has 0 aliphatic heterocycles. The van der Waals surface area contributed by atoms with E-state index in [2.05, 4.69) is 5.32 Å². The van der Waals surface area contributed by atoms with Crippen LogP contribution >= 0.6 is 22.9 Å². The molecule has 2 aromatic rings. The van der Waals surface area contributed by atoms with Crippen LogP contribution in [0.1, 0.15) is 46.1 Å². The minimum atomic E-state index is -0.524. The first kappa shape index (κ1) is 18.9. The molecule has 0 bridgehead atoms.